The van der Waals surface area contributed by atoms with Crippen molar-refractivity contribution in [2.75, 3.05) is 0 Å². The quantitative estimate of drug-likeness (QED) is 0.443. The fraction of sp³-hybridized carbons (Fsp3) is 0.250. The molecule has 0 aromatic heterocycles. The Kier molecular flexibility index (Phi) is 2.88. The number of carbonyl (C=O) groups is 1. The van der Waals surface area contributed by atoms with Crippen molar-refractivity contribution in [2.24, 2.45) is 5.90 Å². The number of halogens is 3. The summed E-state index contributed by atoms with van der Waals surface area (Å²) in [5.74, 6) is 2.99. The topological polar surface area (TPSA) is 52.3 Å². The molecule has 6 heteroatoms. The lowest BCUT2D eigenvalue weighted by molar-refractivity contribution is -0.138. The zero-order chi connectivity index (χ0) is 8.20. The van der Waals surface area contributed by atoms with Crippen LogP contribution in [0.5, 0.6) is 0 Å². The van der Waals surface area contributed by atoms with E-state index in [1.807, 2.05) is 0 Å². The largest absolute Gasteiger partial charge is 0.410 e. The van der Waals surface area contributed by atoms with E-state index in [2.05, 4.69) is 10.7 Å². The van der Waals surface area contributed by atoms with Crippen LogP contribution in [0.4, 0.5) is 13.2 Å². The average Bonchev–Trinajstić information content (AvgIpc) is 1.81. The lowest BCUT2D eigenvalue weighted by Gasteiger charge is -1.95. The lowest BCUT2D eigenvalue weighted by Crippen LogP contribution is -2.09. The number of rotatable bonds is 1. The molecule has 3 nitrogen and oxygen atoms in total. The van der Waals surface area contributed by atoms with Crippen molar-refractivity contribution in [3.05, 3.63) is 12.2 Å². The molecule has 0 saturated carbocycles. The molecule has 0 saturated heterocycles. The standard InChI is InChI=1S/C4H4F3NO2/c5-4(6,7)2-1-3(9)10-8/h1-2H,8H2/b2-1+. The fourth-order valence-electron chi connectivity index (χ4n) is 0.202. The monoisotopic (exact) mass is 155 g/mol. The maximum absolute atomic E-state index is 11.2. The van der Waals surface area contributed by atoms with E-state index in [1.165, 1.54) is 0 Å². The van der Waals surface area contributed by atoms with Gasteiger partial charge in [-0.1, -0.05) is 0 Å². The van der Waals surface area contributed by atoms with E-state index in [0.717, 1.165) is 0 Å². The first-order valence-electron chi connectivity index (χ1n) is 2.12. The van der Waals surface area contributed by atoms with Crippen molar-refractivity contribution in [1.29, 1.82) is 0 Å². The summed E-state index contributed by atoms with van der Waals surface area (Å²) in [5.41, 5.74) is 0. The molecule has 2 N–H and O–H groups in total. The Morgan fingerprint density at radius 1 is 1.50 bits per heavy atom. The number of alkyl halides is 3. The van der Waals surface area contributed by atoms with Crippen molar-refractivity contribution in [2.45, 2.75) is 6.18 Å². The van der Waals surface area contributed by atoms with Crippen molar-refractivity contribution < 1.29 is 22.8 Å². The van der Waals surface area contributed by atoms with E-state index in [1.54, 1.807) is 0 Å². The molecule has 10 heavy (non-hydrogen) atoms. The minimum atomic E-state index is -4.51. The van der Waals surface area contributed by atoms with Crippen LogP contribution < -0.4 is 5.90 Å². The van der Waals surface area contributed by atoms with Gasteiger partial charge in [-0.3, -0.25) is 0 Å². The highest BCUT2D eigenvalue weighted by Gasteiger charge is 2.22. The van der Waals surface area contributed by atoms with E-state index in [4.69, 9.17) is 0 Å². The summed E-state index contributed by atoms with van der Waals surface area (Å²) < 4.78 is 33.7. The Labute approximate surface area is 54.2 Å². The molecule has 0 rings (SSSR count). The fourth-order valence-corrected chi connectivity index (χ4v) is 0.202. The summed E-state index contributed by atoms with van der Waals surface area (Å²) in [4.78, 5) is 13.3. The van der Waals surface area contributed by atoms with Gasteiger partial charge in [-0.2, -0.15) is 19.1 Å². The number of hydrogen-bond acceptors (Lipinski definition) is 3. The van der Waals surface area contributed by atoms with Gasteiger partial charge in [0.1, 0.15) is 0 Å². The van der Waals surface area contributed by atoms with Crippen LogP contribution in [0.2, 0.25) is 0 Å². The second-order valence-corrected chi connectivity index (χ2v) is 1.31. The van der Waals surface area contributed by atoms with E-state index in [9.17, 15) is 18.0 Å². The zero-order valence-corrected chi connectivity index (χ0v) is 4.68. The molecule has 0 spiro atoms. The van der Waals surface area contributed by atoms with Gasteiger partial charge in [0.2, 0.25) is 0 Å². The minimum absolute atomic E-state index is 0.194. The van der Waals surface area contributed by atoms with E-state index in [-0.39, 0.29) is 12.2 Å². The maximum Gasteiger partial charge on any atom is 0.410 e. The summed E-state index contributed by atoms with van der Waals surface area (Å²) in [6, 6.07) is 0. The highest BCUT2D eigenvalue weighted by atomic mass is 19.4. The van der Waals surface area contributed by atoms with Gasteiger partial charge in [0.15, 0.2) is 0 Å². The Balaban J connectivity index is 3.88. The van der Waals surface area contributed by atoms with Crippen LogP contribution >= 0.6 is 0 Å². The molecule has 58 valence electrons. The summed E-state index contributed by atoms with van der Waals surface area (Å²) in [5, 5.41) is 0. The van der Waals surface area contributed by atoms with Crippen LogP contribution in [0.15, 0.2) is 12.2 Å². The average molecular weight is 155 g/mol. The Morgan fingerprint density at radius 3 is 2.30 bits per heavy atom. The van der Waals surface area contributed by atoms with Crippen LogP contribution in [0, 0.1) is 0 Å². The molecule has 0 radical (unpaired) electrons. The van der Waals surface area contributed by atoms with Gasteiger partial charge in [-0.25, -0.2) is 4.79 Å². The Morgan fingerprint density at radius 2 is 2.00 bits per heavy atom. The molecule has 0 aliphatic rings. The third-order valence-corrected chi connectivity index (χ3v) is 0.525. The molecule has 0 aromatic carbocycles. The van der Waals surface area contributed by atoms with Crippen molar-refractivity contribution in [3.63, 3.8) is 0 Å². The lowest BCUT2D eigenvalue weighted by atomic mass is 10.5. The summed E-state index contributed by atoms with van der Waals surface area (Å²) in [6.07, 6.45) is -4.57. The van der Waals surface area contributed by atoms with Crippen molar-refractivity contribution in [3.8, 4) is 0 Å². The molecule has 0 heterocycles. The second-order valence-electron chi connectivity index (χ2n) is 1.31. The highest BCUT2D eigenvalue weighted by molar-refractivity contribution is 5.81. The summed E-state index contributed by atoms with van der Waals surface area (Å²) in [7, 11) is 0. The molecule has 0 aliphatic carbocycles. The Hall–Kier alpha value is -1.04. The normalized spacial score (nSPS) is 12.0. The molecule has 0 fully saturated rings. The smallest absolute Gasteiger partial charge is 0.370 e. The summed E-state index contributed by atoms with van der Waals surface area (Å²) in [6.45, 7) is 0. The highest BCUT2D eigenvalue weighted by Crippen LogP contribution is 2.15. The van der Waals surface area contributed by atoms with Crippen LogP contribution in [0.3, 0.4) is 0 Å². The maximum atomic E-state index is 11.2. The molecule has 0 aromatic rings. The number of nitrogens with two attached hydrogens (primary N) is 1. The second kappa shape index (κ2) is 3.21. The van der Waals surface area contributed by atoms with Gasteiger partial charge in [0.25, 0.3) is 0 Å². The van der Waals surface area contributed by atoms with E-state index >= 15 is 0 Å². The molecule has 0 bridgehead atoms. The first-order valence-corrected chi connectivity index (χ1v) is 2.12. The van der Waals surface area contributed by atoms with Crippen molar-refractivity contribution >= 4 is 5.97 Å². The molecule has 0 amide bonds. The Bertz CT molecular complexity index is 151. The first-order chi connectivity index (χ1) is 4.45. The van der Waals surface area contributed by atoms with Crippen molar-refractivity contribution in [1.82, 2.24) is 0 Å². The van der Waals surface area contributed by atoms with Crippen LogP contribution in [-0.4, -0.2) is 12.1 Å². The zero-order valence-electron chi connectivity index (χ0n) is 4.68. The van der Waals surface area contributed by atoms with Gasteiger partial charge in [-0.05, 0) is 0 Å². The van der Waals surface area contributed by atoms with E-state index < -0.39 is 12.1 Å². The van der Waals surface area contributed by atoms with Gasteiger partial charge in [0.05, 0.1) is 0 Å². The molecular weight excluding hydrogens is 151 g/mol. The number of allylic oxidation sites excluding steroid dienone is 1. The predicted octanol–water partition coefficient (Wildman–Crippen LogP) is 0.522. The predicted molar refractivity (Wildman–Crippen MR) is 25.5 cm³/mol. The van der Waals surface area contributed by atoms with Gasteiger partial charge < -0.3 is 4.84 Å². The van der Waals surface area contributed by atoms with E-state index in [0.29, 0.717) is 0 Å². The van der Waals surface area contributed by atoms with Crippen LogP contribution in [0.25, 0.3) is 0 Å². The first kappa shape index (κ1) is 8.96. The summed E-state index contributed by atoms with van der Waals surface area (Å²) >= 11 is 0. The molecule has 0 unspecified atom stereocenters. The van der Waals surface area contributed by atoms with Crippen LogP contribution in [0.1, 0.15) is 0 Å². The van der Waals surface area contributed by atoms with Gasteiger partial charge in [0, 0.05) is 12.2 Å². The molecular formula is C4H4F3NO2. The van der Waals surface area contributed by atoms with Gasteiger partial charge in [-0.15, -0.1) is 0 Å². The van der Waals surface area contributed by atoms with Crippen LogP contribution in [-0.2, 0) is 9.63 Å². The number of carbonyl (C=O) groups excluding carboxylic acids is 1. The third-order valence-electron chi connectivity index (χ3n) is 0.525. The molecule has 0 aliphatic heterocycles. The SMILES string of the molecule is NOC(=O)/C=C/C(F)(F)F. The minimum Gasteiger partial charge on any atom is -0.370 e. The number of hydrogen-bond donors (Lipinski definition) is 1. The van der Waals surface area contributed by atoms with Gasteiger partial charge >= 0.3 is 12.1 Å². The molecule has 0 atom stereocenters. The third kappa shape index (κ3) is 5.10.